The molecule has 0 saturated heterocycles. The van der Waals surface area contributed by atoms with Crippen molar-refractivity contribution in [2.24, 2.45) is 0 Å². The van der Waals surface area contributed by atoms with Gasteiger partial charge in [0.25, 0.3) is 0 Å². The second-order valence-electron chi connectivity index (χ2n) is 4.44. The van der Waals surface area contributed by atoms with Gasteiger partial charge in [0, 0.05) is 0 Å². The normalized spacial score (nSPS) is 12.4. The highest BCUT2D eigenvalue weighted by atomic mass is 16.5. The summed E-state index contributed by atoms with van der Waals surface area (Å²) in [5.41, 5.74) is 1.24. The van der Waals surface area contributed by atoms with Crippen LogP contribution in [-0.2, 0) is 0 Å². The molecule has 16 heavy (non-hydrogen) atoms. The molecule has 1 aromatic carbocycles. The summed E-state index contributed by atoms with van der Waals surface area (Å²) in [5.74, 6) is 1.05. The van der Waals surface area contributed by atoms with E-state index in [1.807, 2.05) is 6.07 Å². The molecular formula is C15H24O. The maximum absolute atomic E-state index is 6.09. The number of benzene rings is 1. The average molecular weight is 220 g/mol. The van der Waals surface area contributed by atoms with Gasteiger partial charge >= 0.3 is 0 Å². The molecule has 0 aromatic heterocycles. The van der Waals surface area contributed by atoms with Crippen LogP contribution in [0, 0.1) is 6.92 Å². The third kappa shape index (κ3) is 4.26. The molecule has 0 saturated carbocycles. The van der Waals surface area contributed by atoms with Crippen LogP contribution < -0.4 is 4.74 Å². The number of ether oxygens (including phenoxy) is 1. The van der Waals surface area contributed by atoms with Gasteiger partial charge in [-0.05, 0) is 31.4 Å². The van der Waals surface area contributed by atoms with Crippen molar-refractivity contribution >= 4 is 0 Å². The van der Waals surface area contributed by atoms with Crippen LogP contribution in [0.1, 0.15) is 51.5 Å². The van der Waals surface area contributed by atoms with E-state index in [4.69, 9.17) is 4.74 Å². The summed E-state index contributed by atoms with van der Waals surface area (Å²) in [6.07, 6.45) is 6.44. The Morgan fingerprint density at radius 1 is 1.06 bits per heavy atom. The van der Waals surface area contributed by atoms with Gasteiger partial charge in [-0.15, -0.1) is 0 Å². The van der Waals surface area contributed by atoms with Crippen molar-refractivity contribution in [2.45, 2.75) is 59.0 Å². The molecule has 0 fully saturated rings. The van der Waals surface area contributed by atoms with Crippen molar-refractivity contribution in [3.8, 4) is 5.75 Å². The Labute approximate surface area is 99.8 Å². The van der Waals surface area contributed by atoms with Crippen LogP contribution >= 0.6 is 0 Å². The molecule has 90 valence electrons. The first-order chi connectivity index (χ1) is 7.77. The Morgan fingerprint density at radius 3 is 2.44 bits per heavy atom. The minimum atomic E-state index is 0.394. The second kappa shape index (κ2) is 7.32. The molecule has 0 N–H and O–H groups in total. The van der Waals surface area contributed by atoms with E-state index in [1.165, 1.54) is 31.2 Å². The molecule has 0 aliphatic heterocycles. The molecule has 1 rings (SSSR count). The van der Waals surface area contributed by atoms with Crippen molar-refractivity contribution in [3.63, 3.8) is 0 Å². The van der Waals surface area contributed by atoms with Crippen LogP contribution in [0.4, 0.5) is 0 Å². The topological polar surface area (TPSA) is 9.23 Å². The highest BCUT2D eigenvalue weighted by Gasteiger charge is 2.09. The maximum Gasteiger partial charge on any atom is 0.122 e. The minimum absolute atomic E-state index is 0.394. The zero-order chi connectivity index (χ0) is 11.8. The summed E-state index contributed by atoms with van der Waals surface area (Å²) >= 11 is 0. The molecule has 1 atom stereocenters. The Morgan fingerprint density at radius 2 is 1.81 bits per heavy atom. The molecule has 1 aromatic rings. The van der Waals surface area contributed by atoms with E-state index in [0.717, 1.165) is 12.2 Å². The average Bonchev–Trinajstić information content (AvgIpc) is 2.29. The maximum atomic E-state index is 6.09. The predicted octanol–water partition coefficient (Wildman–Crippen LogP) is 4.73. The summed E-state index contributed by atoms with van der Waals surface area (Å²) in [5, 5.41) is 0. The summed E-state index contributed by atoms with van der Waals surface area (Å²) in [6, 6.07) is 8.29. The zero-order valence-electron chi connectivity index (χ0n) is 10.8. The summed E-state index contributed by atoms with van der Waals surface area (Å²) in [6.45, 7) is 6.56. The Hall–Kier alpha value is -0.980. The smallest absolute Gasteiger partial charge is 0.122 e. The van der Waals surface area contributed by atoms with Crippen molar-refractivity contribution < 1.29 is 4.74 Å². The molecular weight excluding hydrogens is 196 g/mol. The highest BCUT2D eigenvalue weighted by Crippen LogP contribution is 2.21. The number of rotatable bonds is 7. The number of unbranched alkanes of at least 4 members (excludes halogenated alkanes) is 1. The molecule has 0 aliphatic rings. The summed E-state index contributed by atoms with van der Waals surface area (Å²) in [7, 11) is 0. The first kappa shape index (κ1) is 13.1. The van der Waals surface area contributed by atoms with E-state index < -0.39 is 0 Å². The fourth-order valence-corrected chi connectivity index (χ4v) is 1.88. The van der Waals surface area contributed by atoms with Gasteiger partial charge in [0.2, 0.25) is 0 Å². The molecule has 1 unspecified atom stereocenters. The lowest BCUT2D eigenvalue weighted by atomic mass is 10.1. The first-order valence-electron chi connectivity index (χ1n) is 6.50. The minimum Gasteiger partial charge on any atom is -0.490 e. The third-order valence-electron chi connectivity index (χ3n) is 2.88. The summed E-state index contributed by atoms with van der Waals surface area (Å²) in [4.78, 5) is 0. The first-order valence-corrected chi connectivity index (χ1v) is 6.50. The van der Waals surface area contributed by atoms with Crippen LogP contribution in [0.2, 0.25) is 0 Å². The molecule has 0 bridgehead atoms. The fraction of sp³-hybridized carbons (Fsp3) is 0.600. The van der Waals surface area contributed by atoms with Crippen LogP contribution in [-0.4, -0.2) is 6.10 Å². The van der Waals surface area contributed by atoms with E-state index in [2.05, 4.69) is 39.0 Å². The lowest BCUT2D eigenvalue weighted by molar-refractivity contribution is 0.175. The van der Waals surface area contributed by atoms with Crippen molar-refractivity contribution in [3.05, 3.63) is 29.8 Å². The number of hydrogen-bond donors (Lipinski definition) is 0. The summed E-state index contributed by atoms with van der Waals surface area (Å²) < 4.78 is 6.09. The zero-order valence-corrected chi connectivity index (χ0v) is 10.8. The monoisotopic (exact) mass is 220 g/mol. The van der Waals surface area contributed by atoms with E-state index >= 15 is 0 Å². The van der Waals surface area contributed by atoms with Crippen LogP contribution in [0.25, 0.3) is 0 Å². The SMILES string of the molecule is CCCCC(CCC)Oc1ccccc1C. The standard InChI is InChI=1S/C15H24O/c1-4-6-11-14(9-5-2)16-15-12-8-7-10-13(15)3/h7-8,10,12,14H,4-6,9,11H2,1-3H3. The second-order valence-corrected chi connectivity index (χ2v) is 4.44. The third-order valence-corrected chi connectivity index (χ3v) is 2.88. The molecule has 0 spiro atoms. The van der Waals surface area contributed by atoms with Gasteiger partial charge in [-0.25, -0.2) is 0 Å². The van der Waals surface area contributed by atoms with E-state index in [-0.39, 0.29) is 0 Å². The predicted molar refractivity (Wildman–Crippen MR) is 70.0 cm³/mol. The Kier molecular flexibility index (Phi) is 5.99. The lowest BCUT2D eigenvalue weighted by Gasteiger charge is -2.19. The molecule has 0 heterocycles. The Balaban J connectivity index is 2.56. The number of hydrogen-bond acceptors (Lipinski definition) is 1. The largest absolute Gasteiger partial charge is 0.490 e. The van der Waals surface area contributed by atoms with Crippen molar-refractivity contribution in [1.82, 2.24) is 0 Å². The van der Waals surface area contributed by atoms with Crippen LogP contribution in [0.5, 0.6) is 5.75 Å². The van der Waals surface area contributed by atoms with Gasteiger partial charge in [0.15, 0.2) is 0 Å². The van der Waals surface area contributed by atoms with E-state index in [0.29, 0.717) is 6.10 Å². The quantitative estimate of drug-likeness (QED) is 0.645. The van der Waals surface area contributed by atoms with Gasteiger partial charge in [-0.1, -0.05) is 51.3 Å². The van der Waals surface area contributed by atoms with Gasteiger partial charge in [-0.2, -0.15) is 0 Å². The van der Waals surface area contributed by atoms with Gasteiger partial charge < -0.3 is 4.74 Å². The van der Waals surface area contributed by atoms with Gasteiger partial charge in [0.1, 0.15) is 5.75 Å². The van der Waals surface area contributed by atoms with Gasteiger partial charge in [0.05, 0.1) is 6.10 Å². The molecule has 0 amide bonds. The van der Waals surface area contributed by atoms with Crippen molar-refractivity contribution in [1.29, 1.82) is 0 Å². The number of aryl methyl sites for hydroxylation is 1. The van der Waals surface area contributed by atoms with Crippen LogP contribution in [0.15, 0.2) is 24.3 Å². The molecule has 0 radical (unpaired) electrons. The number of para-hydroxylation sites is 1. The van der Waals surface area contributed by atoms with E-state index in [1.54, 1.807) is 0 Å². The lowest BCUT2D eigenvalue weighted by Crippen LogP contribution is -2.16. The van der Waals surface area contributed by atoms with Crippen LogP contribution in [0.3, 0.4) is 0 Å². The molecule has 0 aliphatic carbocycles. The highest BCUT2D eigenvalue weighted by molar-refractivity contribution is 5.31. The van der Waals surface area contributed by atoms with E-state index in [9.17, 15) is 0 Å². The van der Waals surface area contributed by atoms with Crippen molar-refractivity contribution in [2.75, 3.05) is 0 Å². The molecule has 1 heteroatoms. The van der Waals surface area contributed by atoms with Gasteiger partial charge in [-0.3, -0.25) is 0 Å². The Bertz CT molecular complexity index is 293. The fourth-order valence-electron chi connectivity index (χ4n) is 1.88. The molecule has 1 nitrogen and oxygen atoms in total.